The number of nitriles is 1. The second-order valence-corrected chi connectivity index (χ2v) is 10.9. The van der Waals surface area contributed by atoms with E-state index in [0.29, 0.717) is 28.5 Å². The van der Waals surface area contributed by atoms with Gasteiger partial charge in [-0.05, 0) is 61.1 Å². The van der Waals surface area contributed by atoms with Crippen LogP contribution < -0.4 is 14.4 Å². The highest BCUT2D eigenvalue weighted by atomic mass is 16.6. The number of para-hydroxylation sites is 3. The maximum atomic E-state index is 14.0. The molecule has 2 atom stereocenters. The van der Waals surface area contributed by atoms with Crippen molar-refractivity contribution in [1.29, 1.82) is 5.26 Å². The monoisotopic (exact) mass is 589 g/mol. The van der Waals surface area contributed by atoms with Gasteiger partial charge in [0.25, 0.3) is 0 Å². The summed E-state index contributed by atoms with van der Waals surface area (Å²) >= 11 is 0. The van der Waals surface area contributed by atoms with Crippen LogP contribution in [0, 0.1) is 23.2 Å². The number of esters is 1. The topological polar surface area (TPSA) is 122 Å². The zero-order valence-corrected chi connectivity index (χ0v) is 24.6. The number of ether oxygens (including phenoxy) is 3. The first-order chi connectivity index (χ1) is 21.4. The van der Waals surface area contributed by atoms with E-state index in [1.54, 1.807) is 43.5 Å². The summed E-state index contributed by atoms with van der Waals surface area (Å²) in [6, 6.07) is 27.3. The molecule has 222 valence electrons. The van der Waals surface area contributed by atoms with Crippen LogP contribution in [0.15, 0.2) is 84.9 Å². The molecule has 2 aromatic heterocycles. The Morgan fingerprint density at radius 3 is 2.11 bits per heavy atom. The molecule has 1 aliphatic rings. The normalized spacial score (nSPS) is 17.6. The van der Waals surface area contributed by atoms with Crippen LogP contribution in [0.1, 0.15) is 42.6 Å². The number of aromatic nitrogens is 3. The molecule has 1 N–H and O–H groups in total. The fourth-order valence-corrected chi connectivity index (χ4v) is 5.81. The Labute approximate surface area is 254 Å². The third-order valence-electron chi connectivity index (χ3n) is 8.05. The third-order valence-corrected chi connectivity index (χ3v) is 8.05. The third kappa shape index (κ3) is 5.13. The van der Waals surface area contributed by atoms with E-state index in [9.17, 15) is 14.9 Å². The molecule has 2 unspecified atom stereocenters. The van der Waals surface area contributed by atoms with E-state index in [0.717, 1.165) is 12.8 Å². The van der Waals surface area contributed by atoms with Crippen LogP contribution in [0.5, 0.6) is 11.6 Å². The van der Waals surface area contributed by atoms with Gasteiger partial charge in [0.15, 0.2) is 11.5 Å². The molecule has 10 nitrogen and oxygen atoms in total. The van der Waals surface area contributed by atoms with Crippen molar-refractivity contribution in [2.24, 2.45) is 11.8 Å². The van der Waals surface area contributed by atoms with Gasteiger partial charge in [0.2, 0.25) is 5.88 Å². The molecular weight excluding hydrogens is 558 g/mol. The smallest absolute Gasteiger partial charge is 0.425 e. The number of amides is 1. The number of nitrogens with zero attached hydrogens (tertiary/aromatic N) is 4. The van der Waals surface area contributed by atoms with Crippen LogP contribution in [-0.2, 0) is 4.74 Å². The van der Waals surface area contributed by atoms with Crippen molar-refractivity contribution in [3.8, 4) is 29.1 Å². The minimum atomic E-state index is -0.787. The highest BCUT2D eigenvalue weighted by Crippen LogP contribution is 2.38. The van der Waals surface area contributed by atoms with Gasteiger partial charge >= 0.3 is 12.1 Å². The minimum Gasteiger partial charge on any atom is -0.496 e. The van der Waals surface area contributed by atoms with Gasteiger partial charge in [-0.2, -0.15) is 5.26 Å². The number of anilines is 2. The molecular formula is C34H31N5O5. The zero-order chi connectivity index (χ0) is 30.8. The highest BCUT2D eigenvalue weighted by Gasteiger charge is 2.37. The number of benzene rings is 3. The fraction of sp³-hybridized carbons (Fsp3) is 0.235. The van der Waals surface area contributed by atoms with E-state index in [-0.39, 0.29) is 40.6 Å². The minimum absolute atomic E-state index is 0.0787. The molecule has 5 aromatic rings. The highest BCUT2D eigenvalue weighted by molar-refractivity contribution is 6.02. The molecule has 1 aliphatic carbocycles. The van der Waals surface area contributed by atoms with Crippen LogP contribution >= 0.6 is 0 Å². The predicted molar refractivity (Wildman–Crippen MR) is 164 cm³/mol. The van der Waals surface area contributed by atoms with E-state index in [4.69, 9.17) is 19.2 Å². The molecule has 44 heavy (non-hydrogen) atoms. The Bertz CT molecular complexity index is 1810. The average molecular weight is 590 g/mol. The van der Waals surface area contributed by atoms with E-state index >= 15 is 0 Å². The zero-order valence-electron chi connectivity index (χ0n) is 24.6. The van der Waals surface area contributed by atoms with Gasteiger partial charge in [-0.3, -0.25) is 5.10 Å². The van der Waals surface area contributed by atoms with Crippen LogP contribution in [0.25, 0.3) is 17.0 Å². The molecule has 0 spiro atoms. The number of aromatic amines is 1. The first-order valence-corrected chi connectivity index (χ1v) is 14.4. The van der Waals surface area contributed by atoms with Crippen molar-refractivity contribution < 1.29 is 23.8 Å². The van der Waals surface area contributed by atoms with Gasteiger partial charge < -0.3 is 14.2 Å². The lowest BCUT2D eigenvalue weighted by molar-refractivity contribution is 0.0120. The molecule has 1 saturated carbocycles. The first-order valence-electron chi connectivity index (χ1n) is 14.4. The van der Waals surface area contributed by atoms with E-state index < -0.39 is 12.1 Å². The quantitative estimate of drug-likeness (QED) is 0.200. The summed E-state index contributed by atoms with van der Waals surface area (Å²) in [6.45, 7) is 4.09. The predicted octanol–water partition coefficient (Wildman–Crippen LogP) is 7.14. The molecule has 3 aromatic carbocycles. The summed E-state index contributed by atoms with van der Waals surface area (Å²) < 4.78 is 18.9. The van der Waals surface area contributed by atoms with Crippen molar-refractivity contribution in [1.82, 2.24) is 14.6 Å². The molecule has 1 amide bonds. The van der Waals surface area contributed by atoms with Gasteiger partial charge in [-0.25, -0.2) is 24.0 Å². The van der Waals surface area contributed by atoms with E-state index in [1.807, 2.05) is 62.4 Å². The van der Waals surface area contributed by atoms with Gasteiger partial charge in [0.05, 0.1) is 24.0 Å². The van der Waals surface area contributed by atoms with Crippen LogP contribution in [0.3, 0.4) is 0 Å². The first kappa shape index (κ1) is 28.6. The Morgan fingerprint density at radius 2 is 1.52 bits per heavy atom. The number of carbonyl (C=O) groups excluding carboxylic acids is 2. The Kier molecular flexibility index (Phi) is 7.77. The second-order valence-electron chi connectivity index (χ2n) is 10.9. The molecule has 0 radical (unpaired) electrons. The molecule has 2 heterocycles. The summed E-state index contributed by atoms with van der Waals surface area (Å²) in [5.74, 6) is 0.344. The molecule has 0 bridgehead atoms. The number of carbonyl (C=O) groups is 2. The number of nitrogens with one attached hydrogen (secondary N) is 1. The van der Waals surface area contributed by atoms with E-state index in [2.05, 4.69) is 11.2 Å². The number of hydrogen-bond donors (Lipinski definition) is 1. The molecule has 0 saturated heterocycles. The van der Waals surface area contributed by atoms with Gasteiger partial charge in [-0.1, -0.05) is 62.4 Å². The lowest BCUT2D eigenvalue weighted by Gasteiger charge is -2.22. The van der Waals surface area contributed by atoms with Crippen molar-refractivity contribution in [3.05, 3.63) is 96.1 Å². The Morgan fingerprint density at radius 1 is 0.932 bits per heavy atom. The summed E-state index contributed by atoms with van der Waals surface area (Å²) in [5.41, 5.74) is 1.58. The SMILES string of the molecule is COc1ccccc1-c1nc2c(C(=O)OC3C(C)CCC3C)c(C#N)c(OC(=O)N(c3ccccc3)c3ccccc3)n2[nH]1. The summed E-state index contributed by atoms with van der Waals surface area (Å²) in [4.78, 5) is 33.9. The lowest BCUT2D eigenvalue weighted by atomic mass is 10.0. The van der Waals surface area contributed by atoms with Gasteiger partial charge in [0.1, 0.15) is 29.0 Å². The Balaban J connectivity index is 1.49. The summed E-state index contributed by atoms with van der Waals surface area (Å²) in [6.07, 6.45) is 0.778. The Hall–Kier alpha value is -5.56. The summed E-state index contributed by atoms with van der Waals surface area (Å²) in [7, 11) is 1.55. The molecule has 1 fully saturated rings. The van der Waals surface area contributed by atoms with Crippen molar-refractivity contribution in [2.45, 2.75) is 32.8 Å². The number of hydrogen-bond acceptors (Lipinski definition) is 7. The van der Waals surface area contributed by atoms with E-state index in [1.165, 1.54) is 9.42 Å². The number of methoxy groups -OCH3 is 1. The number of fused-ring (bicyclic) bond motifs is 1. The summed E-state index contributed by atoms with van der Waals surface area (Å²) in [5, 5.41) is 13.5. The average Bonchev–Trinajstić information content (AvgIpc) is 3.70. The molecule has 10 heteroatoms. The number of H-pyrrole nitrogens is 1. The molecule has 6 rings (SSSR count). The lowest BCUT2D eigenvalue weighted by Crippen LogP contribution is -2.29. The standard InChI is InChI=1S/C34H31N5O5/c1-21-18-19-22(2)29(21)43-33(40)28-26(20-35)32(39-31(28)36-30(37-39)25-16-10-11-17-27(25)42-3)44-34(41)38(23-12-6-4-7-13-23)24-14-8-5-9-15-24/h4-17,21-22,29H,18-19H2,1-3H3,(H,36,37). The van der Waals surface area contributed by atoms with Crippen LogP contribution in [0.4, 0.5) is 16.2 Å². The largest absolute Gasteiger partial charge is 0.496 e. The van der Waals surface area contributed by atoms with Gasteiger partial charge in [0, 0.05) is 0 Å². The van der Waals surface area contributed by atoms with Crippen molar-refractivity contribution in [2.75, 3.05) is 12.0 Å². The maximum Gasteiger partial charge on any atom is 0.425 e. The van der Waals surface area contributed by atoms with Gasteiger partial charge in [-0.15, -0.1) is 0 Å². The van der Waals surface area contributed by atoms with Crippen molar-refractivity contribution >= 4 is 29.1 Å². The van der Waals surface area contributed by atoms with Crippen molar-refractivity contribution in [3.63, 3.8) is 0 Å². The van der Waals surface area contributed by atoms with Crippen LogP contribution in [-0.4, -0.2) is 39.9 Å². The maximum absolute atomic E-state index is 14.0. The second kappa shape index (κ2) is 12.0. The molecule has 0 aliphatic heterocycles. The number of rotatable bonds is 7. The van der Waals surface area contributed by atoms with Crippen LogP contribution in [0.2, 0.25) is 0 Å². The fourth-order valence-electron chi connectivity index (χ4n) is 5.81.